The Bertz CT molecular complexity index is 23.7. The molecule has 2 nitrogen and oxygen atoms in total. The van der Waals surface area contributed by atoms with Crippen molar-refractivity contribution in [3.05, 3.63) is 0 Å². The zero-order chi connectivity index (χ0) is 6.12. The first-order valence-corrected chi connectivity index (χ1v) is 2.60. The third-order valence-corrected chi connectivity index (χ3v) is 0.408. The lowest BCUT2D eigenvalue weighted by Crippen LogP contribution is -1.84. The van der Waals surface area contributed by atoms with Crippen LogP contribution in [0.25, 0.3) is 0 Å². The monoisotopic (exact) mass is 122 g/mol. The van der Waals surface area contributed by atoms with Crippen molar-refractivity contribution in [2.75, 3.05) is 13.2 Å². The molecule has 0 amide bonds. The van der Waals surface area contributed by atoms with Gasteiger partial charge in [-0.1, -0.05) is 0 Å². The minimum atomic E-state index is 0.844. The second-order valence-corrected chi connectivity index (χ2v) is 0.781. The number of rotatable bonds is 2. The van der Waals surface area contributed by atoms with Gasteiger partial charge in [0.25, 0.3) is 0 Å². The molecule has 0 N–H and O–H groups in total. The Labute approximate surface area is 46.5 Å². The fourth-order valence-corrected chi connectivity index (χ4v) is 0.204. The molecular formula is C4H11O2P. The van der Waals surface area contributed by atoms with Gasteiger partial charge in [-0.2, -0.15) is 0 Å². The number of hydrogen-bond acceptors (Lipinski definition) is 2. The van der Waals surface area contributed by atoms with E-state index in [0.717, 1.165) is 13.2 Å². The van der Waals surface area contributed by atoms with E-state index in [1.807, 2.05) is 13.8 Å². The average molecular weight is 122 g/mol. The predicted octanol–water partition coefficient (Wildman–Crippen LogP) is 1.52. The normalized spacial score (nSPS) is 6.57. The summed E-state index contributed by atoms with van der Waals surface area (Å²) in [5.74, 6) is 0. The molecule has 0 aliphatic heterocycles. The van der Waals surface area contributed by atoms with Crippen LogP contribution in [0.15, 0.2) is 0 Å². The van der Waals surface area contributed by atoms with Gasteiger partial charge in [-0.15, -0.1) is 0 Å². The lowest BCUT2D eigenvalue weighted by molar-refractivity contribution is 0.162. The Balaban J connectivity index is 0. The lowest BCUT2D eigenvalue weighted by Gasteiger charge is -1.86. The molecule has 0 bridgehead atoms. The SMILES string of the molecule is CCOCC.O=P. The van der Waals surface area contributed by atoms with Gasteiger partial charge in [0.1, 0.15) is 9.12 Å². The topological polar surface area (TPSA) is 26.3 Å². The van der Waals surface area contributed by atoms with Gasteiger partial charge >= 0.3 is 0 Å². The van der Waals surface area contributed by atoms with Crippen molar-refractivity contribution in [2.45, 2.75) is 13.8 Å². The fraction of sp³-hybridized carbons (Fsp3) is 1.00. The van der Waals surface area contributed by atoms with Crippen molar-refractivity contribution in [1.29, 1.82) is 0 Å². The summed E-state index contributed by atoms with van der Waals surface area (Å²) in [6.45, 7) is 5.67. The quantitative estimate of drug-likeness (QED) is 0.519. The van der Waals surface area contributed by atoms with E-state index in [9.17, 15) is 0 Å². The van der Waals surface area contributed by atoms with Crippen LogP contribution >= 0.6 is 9.12 Å². The second-order valence-electron chi connectivity index (χ2n) is 0.781. The first kappa shape index (κ1) is 10.1. The summed E-state index contributed by atoms with van der Waals surface area (Å²) in [5, 5.41) is 0. The van der Waals surface area contributed by atoms with Gasteiger partial charge in [0.05, 0.1) is 0 Å². The zero-order valence-electron chi connectivity index (χ0n) is 4.73. The van der Waals surface area contributed by atoms with Crippen LogP contribution in [0.4, 0.5) is 0 Å². The fourth-order valence-electron chi connectivity index (χ4n) is 0.204. The van der Waals surface area contributed by atoms with Gasteiger partial charge in [-0.05, 0) is 13.8 Å². The van der Waals surface area contributed by atoms with Gasteiger partial charge in [0.15, 0.2) is 0 Å². The molecule has 0 fully saturated rings. The Morgan fingerprint density at radius 1 is 1.29 bits per heavy atom. The highest BCUT2D eigenvalue weighted by Gasteiger charge is 1.64. The van der Waals surface area contributed by atoms with Gasteiger partial charge in [0, 0.05) is 13.2 Å². The number of ether oxygens (including phenoxy) is 1. The standard InChI is InChI=1S/C4H10O.HOP/c1-3-5-4-2;1-2/h3-4H2,1-2H3;2H. The van der Waals surface area contributed by atoms with Crippen LogP contribution in [-0.2, 0) is 9.30 Å². The molecule has 0 heterocycles. The molecule has 0 aliphatic carbocycles. The molecule has 0 aromatic carbocycles. The van der Waals surface area contributed by atoms with Crippen LogP contribution in [-0.4, -0.2) is 13.2 Å². The summed E-state index contributed by atoms with van der Waals surface area (Å²) in [4.78, 5) is 0. The van der Waals surface area contributed by atoms with Crippen LogP contribution in [0.5, 0.6) is 0 Å². The highest BCUT2D eigenvalue weighted by molar-refractivity contribution is 7.00. The van der Waals surface area contributed by atoms with E-state index >= 15 is 0 Å². The maximum atomic E-state index is 8.06. The van der Waals surface area contributed by atoms with E-state index in [-0.39, 0.29) is 0 Å². The van der Waals surface area contributed by atoms with Gasteiger partial charge in [0.2, 0.25) is 0 Å². The van der Waals surface area contributed by atoms with Crippen LogP contribution in [0.1, 0.15) is 13.8 Å². The Morgan fingerprint density at radius 3 is 1.57 bits per heavy atom. The van der Waals surface area contributed by atoms with Crippen molar-refractivity contribution in [2.24, 2.45) is 0 Å². The van der Waals surface area contributed by atoms with Crippen LogP contribution in [0.2, 0.25) is 0 Å². The van der Waals surface area contributed by atoms with Crippen molar-refractivity contribution in [3.8, 4) is 0 Å². The highest BCUT2D eigenvalue weighted by atomic mass is 31.0. The van der Waals surface area contributed by atoms with Crippen molar-refractivity contribution < 1.29 is 9.30 Å². The van der Waals surface area contributed by atoms with E-state index in [1.54, 1.807) is 9.12 Å². The first-order valence-electron chi connectivity index (χ1n) is 2.20. The lowest BCUT2D eigenvalue weighted by atomic mass is 10.8. The molecule has 0 unspecified atom stereocenters. The largest absolute Gasteiger partial charge is 0.382 e. The van der Waals surface area contributed by atoms with E-state index in [1.165, 1.54) is 0 Å². The maximum Gasteiger partial charge on any atom is 0.138 e. The molecule has 0 aromatic rings. The summed E-state index contributed by atoms with van der Waals surface area (Å²) in [5.41, 5.74) is 0. The van der Waals surface area contributed by atoms with Crippen LogP contribution < -0.4 is 0 Å². The molecule has 0 saturated carbocycles. The number of hydrogen-bond donors (Lipinski definition) is 0. The third-order valence-electron chi connectivity index (χ3n) is 0.408. The Hall–Kier alpha value is 0.0600. The minimum absolute atomic E-state index is 0.844. The molecule has 0 saturated heterocycles. The summed E-state index contributed by atoms with van der Waals surface area (Å²) >= 11 is 0. The predicted molar refractivity (Wildman–Crippen MR) is 31.2 cm³/mol. The molecule has 3 heteroatoms. The minimum Gasteiger partial charge on any atom is -0.382 e. The van der Waals surface area contributed by atoms with Crippen molar-refractivity contribution in [1.82, 2.24) is 0 Å². The molecule has 0 spiro atoms. The molecule has 0 radical (unpaired) electrons. The van der Waals surface area contributed by atoms with E-state index in [0.29, 0.717) is 0 Å². The smallest absolute Gasteiger partial charge is 0.138 e. The van der Waals surface area contributed by atoms with Gasteiger partial charge in [-0.3, -0.25) is 4.57 Å². The van der Waals surface area contributed by atoms with Gasteiger partial charge in [-0.25, -0.2) is 0 Å². The highest BCUT2D eigenvalue weighted by Crippen LogP contribution is 1.64. The van der Waals surface area contributed by atoms with Crippen molar-refractivity contribution >= 4 is 9.12 Å². The summed E-state index contributed by atoms with van der Waals surface area (Å²) in [6.07, 6.45) is 0. The van der Waals surface area contributed by atoms with E-state index in [4.69, 9.17) is 9.30 Å². The van der Waals surface area contributed by atoms with Crippen molar-refractivity contribution in [3.63, 3.8) is 0 Å². The van der Waals surface area contributed by atoms with E-state index in [2.05, 4.69) is 0 Å². The Morgan fingerprint density at radius 2 is 1.57 bits per heavy atom. The average Bonchev–Trinajstić information content (AvgIpc) is 1.75. The molecular weight excluding hydrogens is 111 g/mol. The molecule has 0 aromatic heterocycles. The van der Waals surface area contributed by atoms with Crippen LogP contribution in [0, 0.1) is 0 Å². The molecule has 0 atom stereocenters. The maximum absolute atomic E-state index is 8.06. The second kappa shape index (κ2) is 16.6. The summed E-state index contributed by atoms with van der Waals surface area (Å²) < 4.78 is 12.9. The molecule has 44 valence electrons. The van der Waals surface area contributed by atoms with E-state index < -0.39 is 0 Å². The summed E-state index contributed by atoms with van der Waals surface area (Å²) in [6, 6.07) is 0. The summed E-state index contributed by atoms with van der Waals surface area (Å²) in [7, 11) is 1.72. The molecule has 0 aliphatic rings. The Kier molecular flexibility index (Phi) is 24.0. The third kappa shape index (κ3) is 23.5. The molecule has 0 rings (SSSR count). The van der Waals surface area contributed by atoms with Crippen LogP contribution in [0.3, 0.4) is 0 Å². The molecule has 7 heavy (non-hydrogen) atoms. The first-order chi connectivity index (χ1) is 3.41. The van der Waals surface area contributed by atoms with Gasteiger partial charge < -0.3 is 4.74 Å². The zero-order valence-corrected chi connectivity index (χ0v) is 5.73.